The molecular formula is C17H24N2. The molecule has 1 aromatic carbocycles. The summed E-state index contributed by atoms with van der Waals surface area (Å²) in [6.45, 7) is 8.55. The summed E-state index contributed by atoms with van der Waals surface area (Å²) in [7, 11) is 2.25. The number of likely N-dealkylation sites (tertiary alicyclic amines) is 2. The fourth-order valence-electron chi connectivity index (χ4n) is 3.69. The van der Waals surface area contributed by atoms with Gasteiger partial charge in [0, 0.05) is 32.7 Å². The van der Waals surface area contributed by atoms with E-state index in [1.807, 2.05) is 0 Å². The maximum absolute atomic E-state index is 2.64. The van der Waals surface area contributed by atoms with E-state index in [2.05, 4.69) is 60.2 Å². The summed E-state index contributed by atoms with van der Waals surface area (Å²) in [5.74, 6) is 1.82. The topological polar surface area (TPSA) is 6.48 Å². The molecule has 2 aliphatic heterocycles. The van der Waals surface area contributed by atoms with Gasteiger partial charge in [-0.05, 0) is 31.4 Å². The van der Waals surface area contributed by atoms with Gasteiger partial charge in [0.15, 0.2) is 0 Å². The van der Waals surface area contributed by atoms with Gasteiger partial charge in [0.2, 0.25) is 0 Å². The van der Waals surface area contributed by atoms with Gasteiger partial charge in [0.05, 0.1) is 0 Å². The first-order valence-electron chi connectivity index (χ1n) is 7.34. The second kappa shape index (κ2) is 5.48. The van der Waals surface area contributed by atoms with Crippen molar-refractivity contribution in [3.63, 3.8) is 0 Å². The highest BCUT2D eigenvalue weighted by Gasteiger charge is 2.38. The lowest BCUT2D eigenvalue weighted by molar-refractivity contribution is 0.294. The largest absolute Gasteiger partial charge is 0.306 e. The van der Waals surface area contributed by atoms with Crippen molar-refractivity contribution in [3.8, 4) is 0 Å². The zero-order valence-corrected chi connectivity index (χ0v) is 12.0. The van der Waals surface area contributed by atoms with Gasteiger partial charge < -0.3 is 4.90 Å². The maximum Gasteiger partial charge on any atom is 0.0193 e. The third-order valence-corrected chi connectivity index (χ3v) is 4.43. The average Bonchev–Trinajstić information content (AvgIpc) is 2.86. The van der Waals surface area contributed by atoms with Crippen LogP contribution in [0.1, 0.15) is 12.5 Å². The highest BCUT2D eigenvalue weighted by molar-refractivity contribution is 5.52. The molecule has 19 heavy (non-hydrogen) atoms. The summed E-state index contributed by atoms with van der Waals surface area (Å²) in [6, 6.07) is 10.6. The Hall–Kier alpha value is -1.12. The van der Waals surface area contributed by atoms with Crippen LogP contribution in [0, 0.1) is 11.8 Å². The molecule has 2 fully saturated rings. The molecule has 0 bridgehead atoms. The van der Waals surface area contributed by atoms with Gasteiger partial charge >= 0.3 is 0 Å². The second-order valence-corrected chi connectivity index (χ2v) is 6.34. The Morgan fingerprint density at radius 1 is 1.11 bits per heavy atom. The van der Waals surface area contributed by atoms with Gasteiger partial charge in [-0.2, -0.15) is 0 Å². The van der Waals surface area contributed by atoms with Crippen LogP contribution in [0.5, 0.6) is 0 Å². The van der Waals surface area contributed by atoms with Gasteiger partial charge in [-0.1, -0.05) is 42.0 Å². The molecule has 0 radical (unpaired) electrons. The van der Waals surface area contributed by atoms with Crippen molar-refractivity contribution in [3.05, 3.63) is 41.5 Å². The van der Waals surface area contributed by atoms with Crippen molar-refractivity contribution >= 4 is 6.08 Å². The van der Waals surface area contributed by atoms with Gasteiger partial charge in [0.25, 0.3) is 0 Å². The normalized spacial score (nSPS) is 28.8. The zero-order chi connectivity index (χ0) is 13.2. The van der Waals surface area contributed by atoms with E-state index >= 15 is 0 Å². The summed E-state index contributed by atoms with van der Waals surface area (Å²) in [5.41, 5.74) is 2.79. The van der Waals surface area contributed by atoms with Crippen molar-refractivity contribution in [1.29, 1.82) is 0 Å². The van der Waals surface area contributed by atoms with Crippen molar-refractivity contribution in [2.45, 2.75) is 6.92 Å². The third-order valence-electron chi connectivity index (χ3n) is 4.43. The molecule has 0 unspecified atom stereocenters. The Kier molecular flexibility index (Phi) is 3.72. The van der Waals surface area contributed by atoms with Crippen molar-refractivity contribution in [1.82, 2.24) is 9.80 Å². The van der Waals surface area contributed by atoms with Gasteiger partial charge in [-0.3, -0.25) is 4.90 Å². The molecule has 102 valence electrons. The monoisotopic (exact) mass is 256 g/mol. The number of hydrogen-bond acceptors (Lipinski definition) is 2. The molecule has 2 nitrogen and oxygen atoms in total. The number of nitrogens with zero attached hydrogens (tertiary/aromatic N) is 2. The Labute approximate surface area is 116 Å². The van der Waals surface area contributed by atoms with E-state index in [-0.39, 0.29) is 0 Å². The Morgan fingerprint density at radius 3 is 2.37 bits per heavy atom. The van der Waals surface area contributed by atoms with E-state index in [0.29, 0.717) is 0 Å². The predicted octanol–water partition coefficient (Wildman–Crippen LogP) is 2.58. The molecule has 1 aromatic rings. The lowest BCUT2D eigenvalue weighted by Gasteiger charge is -2.19. The van der Waals surface area contributed by atoms with Crippen LogP contribution < -0.4 is 0 Å². The van der Waals surface area contributed by atoms with E-state index in [4.69, 9.17) is 0 Å². The molecular weight excluding hydrogens is 232 g/mol. The smallest absolute Gasteiger partial charge is 0.0193 e. The first kappa shape index (κ1) is 12.9. The Morgan fingerprint density at radius 2 is 1.74 bits per heavy atom. The van der Waals surface area contributed by atoms with Crippen molar-refractivity contribution < 1.29 is 0 Å². The molecule has 2 heterocycles. The molecule has 0 aliphatic carbocycles. The molecule has 2 saturated heterocycles. The summed E-state index contributed by atoms with van der Waals surface area (Å²) in [6.07, 6.45) is 2.32. The van der Waals surface area contributed by atoms with Gasteiger partial charge in [0.1, 0.15) is 0 Å². The molecule has 2 aliphatic rings. The number of rotatable bonds is 3. The fraction of sp³-hybridized carbons (Fsp3) is 0.529. The van der Waals surface area contributed by atoms with Crippen LogP contribution in [0.15, 0.2) is 35.9 Å². The molecule has 0 saturated carbocycles. The quantitative estimate of drug-likeness (QED) is 0.820. The maximum atomic E-state index is 2.64. The van der Waals surface area contributed by atoms with Gasteiger partial charge in [-0.25, -0.2) is 0 Å². The van der Waals surface area contributed by atoms with Crippen LogP contribution in [-0.4, -0.2) is 49.6 Å². The Bertz CT molecular complexity index is 438. The molecule has 2 atom stereocenters. The molecule has 2 heteroatoms. The molecule has 0 N–H and O–H groups in total. The van der Waals surface area contributed by atoms with E-state index in [1.165, 1.54) is 37.3 Å². The molecule has 0 spiro atoms. The van der Waals surface area contributed by atoms with E-state index in [9.17, 15) is 0 Å². The number of fused-ring (bicyclic) bond motifs is 1. The van der Waals surface area contributed by atoms with Crippen LogP contribution in [0.4, 0.5) is 0 Å². The minimum Gasteiger partial charge on any atom is -0.306 e. The second-order valence-electron chi connectivity index (χ2n) is 6.34. The molecule has 3 rings (SSSR count). The number of hydrogen-bond donors (Lipinski definition) is 0. The first-order valence-corrected chi connectivity index (χ1v) is 7.34. The average molecular weight is 256 g/mol. The SMILES string of the molecule is CC(=Cc1ccccc1)CN1C[C@H]2CN(C)C[C@H]2C1. The van der Waals surface area contributed by atoms with Crippen molar-refractivity contribution in [2.75, 3.05) is 39.8 Å². The highest BCUT2D eigenvalue weighted by atomic mass is 15.2. The lowest BCUT2D eigenvalue weighted by atomic mass is 10.0. The number of benzene rings is 1. The van der Waals surface area contributed by atoms with Crippen LogP contribution in [0.3, 0.4) is 0 Å². The summed E-state index contributed by atoms with van der Waals surface area (Å²) >= 11 is 0. The first-order chi connectivity index (χ1) is 9.20. The predicted molar refractivity (Wildman–Crippen MR) is 81.0 cm³/mol. The standard InChI is InChI=1S/C17H24N2/c1-14(8-15-6-4-3-5-7-15)9-19-12-16-10-18(2)11-17(16)13-19/h3-8,16-17H,9-13H2,1-2H3/t16-,17+. The highest BCUT2D eigenvalue weighted by Crippen LogP contribution is 2.30. The Balaban J connectivity index is 1.57. The van der Waals surface area contributed by atoms with Crippen molar-refractivity contribution in [2.24, 2.45) is 11.8 Å². The van der Waals surface area contributed by atoms with Crippen LogP contribution in [0.25, 0.3) is 6.08 Å². The molecule has 0 aromatic heterocycles. The van der Waals surface area contributed by atoms with Crippen LogP contribution >= 0.6 is 0 Å². The summed E-state index contributed by atoms with van der Waals surface area (Å²) < 4.78 is 0. The van der Waals surface area contributed by atoms with E-state index in [1.54, 1.807) is 0 Å². The molecule has 0 amide bonds. The summed E-state index contributed by atoms with van der Waals surface area (Å²) in [5, 5.41) is 0. The van der Waals surface area contributed by atoms with E-state index < -0.39 is 0 Å². The zero-order valence-electron chi connectivity index (χ0n) is 12.0. The summed E-state index contributed by atoms with van der Waals surface area (Å²) in [4.78, 5) is 5.12. The van der Waals surface area contributed by atoms with Crippen LogP contribution in [0.2, 0.25) is 0 Å². The van der Waals surface area contributed by atoms with Crippen LogP contribution in [-0.2, 0) is 0 Å². The lowest BCUT2D eigenvalue weighted by Crippen LogP contribution is -2.28. The van der Waals surface area contributed by atoms with E-state index in [0.717, 1.165) is 18.4 Å². The third kappa shape index (κ3) is 3.07. The van der Waals surface area contributed by atoms with Gasteiger partial charge in [-0.15, -0.1) is 0 Å². The fourth-order valence-corrected chi connectivity index (χ4v) is 3.69. The minimum absolute atomic E-state index is 0.912. The minimum atomic E-state index is 0.912.